The van der Waals surface area contributed by atoms with Crippen LogP contribution in [0.2, 0.25) is 0 Å². The van der Waals surface area contributed by atoms with E-state index in [2.05, 4.69) is 10.1 Å². The summed E-state index contributed by atoms with van der Waals surface area (Å²) in [5.74, 6) is 0.811. The Morgan fingerprint density at radius 3 is 2.29 bits per heavy atom. The zero-order valence-electron chi connectivity index (χ0n) is 17.0. The molecule has 160 valence electrons. The molecular formula is C22H22N4O4S. The summed E-state index contributed by atoms with van der Waals surface area (Å²) >= 11 is 0. The van der Waals surface area contributed by atoms with E-state index >= 15 is 0 Å². The van der Waals surface area contributed by atoms with E-state index in [1.807, 2.05) is 30.3 Å². The van der Waals surface area contributed by atoms with Gasteiger partial charge in [-0.1, -0.05) is 35.5 Å². The van der Waals surface area contributed by atoms with Gasteiger partial charge in [0.1, 0.15) is 0 Å². The number of carbonyl (C=O) groups excluding carboxylic acids is 1. The van der Waals surface area contributed by atoms with Crippen LogP contribution in [-0.2, 0) is 10.0 Å². The maximum absolute atomic E-state index is 12.8. The number of amides is 1. The molecule has 0 radical (unpaired) electrons. The van der Waals surface area contributed by atoms with Gasteiger partial charge in [0, 0.05) is 42.7 Å². The molecule has 0 bridgehead atoms. The van der Waals surface area contributed by atoms with Gasteiger partial charge in [-0.15, -0.1) is 0 Å². The first-order valence-corrected chi connectivity index (χ1v) is 11.4. The van der Waals surface area contributed by atoms with Crippen molar-refractivity contribution in [3.63, 3.8) is 0 Å². The number of nitrogens with zero attached hydrogens (tertiary/aromatic N) is 4. The topological polar surface area (TPSA) is 96.6 Å². The van der Waals surface area contributed by atoms with Gasteiger partial charge in [-0.05, 0) is 42.8 Å². The van der Waals surface area contributed by atoms with Crippen LogP contribution in [0.25, 0.3) is 17.5 Å². The number of aryl methyl sites for hydroxylation is 1. The predicted molar refractivity (Wildman–Crippen MR) is 116 cm³/mol. The largest absolute Gasteiger partial charge is 0.336 e. The summed E-state index contributed by atoms with van der Waals surface area (Å²) in [6.07, 6.45) is 1.58. The standard InChI is InChI=1S/C22H22N4O4S/c1-17-23-21(30-24-17)19-7-9-20(10-8-19)22(27)25-12-14-26(15-13-25)31(28,29)16-11-18-5-3-2-4-6-18/h2-11,16H,12-15H2,1H3/b16-11+. The molecule has 0 spiro atoms. The lowest BCUT2D eigenvalue weighted by molar-refractivity contribution is 0.0698. The van der Waals surface area contributed by atoms with Crippen molar-refractivity contribution in [1.29, 1.82) is 0 Å². The van der Waals surface area contributed by atoms with Crippen molar-refractivity contribution in [2.75, 3.05) is 26.2 Å². The predicted octanol–water partition coefficient (Wildman–Crippen LogP) is 2.80. The fourth-order valence-corrected chi connectivity index (χ4v) is 4.49. The highest BCUT2D eigenvalue weighted by Gasteiger charge is 2.27. The Hall–Kier alpha value is -3.30. The first-order chi connectivity index (χ1) is 14.9. The first kappa shape index (κ1) is 21.0. The second kappa shape index (κ2) is 8.83. The third-order valence-corrected chi connectivity index (χ3v) is 6.59. The molecule has 3 aromatic rings. The van der Waals surface area contributed by atoms with Crippen molar-refractivity contribution < 1.29 is 17.7 Å². The lowest BCUT2D eigenvalue weighted by atomic mass is 10.1. The van der Waals surface area contributed by atoms with E-state index in [4.69, 9.17) is 4.52 Å². The Kier molecular flexibility index (Phi) is 5.97. The molecule has 4 rings (SSSR count). The molecule has 1 saturated heterocycles. The van der Waals surface area contributed by atoms with Crippen molar-refractivity contribution >= 4 is 22.0 Å². The highest BCUT2D eigenvalue weighted by Crippen LogP contribution is 2.19. The molecular weight excluding hydrogens is 416 g/mol. The number of aromatic nitrogens is 2. The van der Waals surface area contributed by atoms with Crippen LogP contribution in [0.15, 0.2) is 64.5 Å². The fraction of sp³-hybridized carbons (Fsp3) is 0.227. The van der Waals surface area contributed by atoms with Crippen LogP contribution >= 0.6 is 0 Å². The van der Waals surface area contributed by atoms with Gasteiger partial charge in [0.2, 0.25) is 10.0 Å². The summed E-state index contributed by atoms with van der Waals surface area (Å²) in [5.41, 5.74) is 2.08. The minimum atomic E-state index is -3.54. The minimum absolute atomic E-state index is 0.134. The summed E-state index contributed by atoms with van der Waals surface area (Å²) in [7, 11) is -3.54. The smallest absolute Gasteiger partial charge is 0.257 e. The van der Waals surface area contributed by atoms with Gasteiger partial charge < -0.3 is 9.42 Å². The second-order valence-corrected chi connectivity index (χ2v) is 8.99. The van der Waals surface area contributed by atoms with Gasteiger partial charge in [-0.2, -0.15) is 9.29 Å². The van der Waals surface area contributed by atoms with Gasteiger partial charge in [0.25, 0.3) is 11.8 Å². The van der Waals surface area contributed by atoms with E-state index in [1.54, 1.807) is 42.2 Å². The lowest BCUT2D eigenvalue weighted by Gasteiger charge is -2.33. The van der Waals surface area contributed by atoms with Gasteiger partial charge in [-0.25, -0.2) is 8.42 Å². The number of sulfonamides is 1. The molecule has 1 aromatic heterocycles. The number of piperazine rings is 1. The molecule has 0 N–H and O–H groups in total. The van der Waals surface area contributed by atoms with Crippen molar-refractivity contribution in [2.45, 2.75) is 6.92 Å². The second-order valence-electron chi connectivity index (χ2n) is 7.17. The van der Waals surface area contributed by atoms with E-state index in [1.165, 1.54) is 9.71 Å². The molecule has 9 heteroatoms. The summed E-state index contributed by atoms with van der Waals surface area (Å²) in [6.45, 7) is 2.92. The Bertz CT molecular complexity index is 1180. The van der Waals surface area contributed by atoms with E-state index in [9.17, 15) is 13.2 Å². The maximum atomic E-state index is 12.8. The monoisotopic (exact) mass is 438 g/mol. The van der Waals surface area contributed by atoms with Crippen molar-refractivity contribution in [1.82, 2.24) is 19.3 Å². The third kappa shape index (κ3) is 4.89. The minimum Gasteiger partial charge on any atom is -0.336 e. The molecule has 1 fully saturated rings. The van der Waals surface area contributed by atoms with Crippen molar-refractivity contribution in [2.24, 2.45) is 0 Å². The Morgan fingerprint density at radius 1 is 1.00 bits per heavy atom. The molecule has 31 heavy (non-hydrogen) atoms. The maximum Gasteiger partial charge on any atom is 0.257 e. The SMILES string of the molecule is Cc1noc(-c2ccc(C(=O)N3CCN(S(=O)(=O)/C=C/c4ccccc4)CC3)cc2)n1. The highest BCUT2D eigenvalue weighted by molar-refractivity contribution is 7.92. The molecule has 2 aromatic carbocycles. The molecule has 0 atom stereocenters. The fourth-order valence-electron chi connectivity index (χ4n) is 3.31. The molecule has 8 nitrogen and oxygen atoms in total. The molecule has 0 unspecified atom stereocenters. The van der Waals surface area contributed by atoms with Gasteiger partial charge in [0.05, 0.1) is 0 Å². The van der Waals surface area contributed by atoms with Crippen LogP contribution in [0.1, 0.15) is 21.7 Å². The van der Waals surface area contributed by atoms with E-state index in [-0.39, 0.29) is 19.0 Å². The summed E-state index contributed by atoms with van der Waals surface area (Å²) in [5, 5.41) is 4.98. The van der Waals surface area contributed by atoms with E-state index in [0.717, 1.165) is 11.1 Å². The average molecular weight is 439 g/mol. The van der Waals surface area contributed by atoms with E-state index in [0.29, 0.717) is 30.4 Å². The number of hydrogen-bond donors (Lipinski definition) is 0. The van der Waals surface area contributed by atoms with Crippen LogP contribution in [0, 0.1) is 6.92 Å². The normalized spacial score (nSPS) is 15.5. The number of hydrogen-bond acceptors (Lipinski definition) is 6. The lowest BCUT2D eigenvalue weighted by Crippen LogP contribution is -2.50. The zero-order valence-corrected chi connectivity index (χ0v) is 17.8. The molecule has 0 aliphatic carbocycles. The number of benzene rings is 2. The molecule has 2 heterocycles. The van der Waals surface area contributed by atoms with E-state index < -0.39 is 10.0 Å². The molecule has 1 amide bonds. The molecule has 0 saturated carbocycles. The Balaban J connectivity index is 1.37. The number of rotatable bonds is 5. The number of carbonyl (C=O) groups is 1. The summed E-state index contributed by atoms with van der Waals surface area (Å²) in [4.78, 5) is 18.6. The van der Waals surface area contributed by atoms with Gasteiger partial charge in [0.15, 0.2) is 5.82 Å². The summed E-state index contributed by atoms with van der Waals surface area (Å²) < 4.78 is 31.7. The zero-order chi connectivity index (χ0) is 21.8. The Labute approximate surface area is 180 Å². The quantitative estimate of drug-likeness (QED) is 0.608. The van der Waals surface area contributed by atoms with Gasteiger partial charge in [-0.3, -0.25) is 4.79 Å². The molecule has 1 aliphatic heterocycles. The van der Waals surface area contributed by atoms with Crippen molar-refractivity contribution in [3.05, 3.63) is 77.0 Å². The third-order valence-electron chi connectivity index (χ3n) is 5.02. The van der Waals surface area contributed by atoms with Crippen LogP contribution in [0.4, 0.5) is 0 Å². The van der Waals surface area contributed by atoms with Crippen molar-refractivity contribution in [3.8, 4) is 11.5 Å². The van der Waals surface area contributed by atoms with Crippen LogP contribution in [0.3, 0.4) is 0 Å². The highest BCUT2D eigenvalue weighted by atomic mass is 32.2. The van der Waals surface area contributed by atoms with Gasteiger partial charge >= 0.3 is 0 Å². The van der Waals surface area contributed by atoms with Crippen LogP contribution in [0.5, 0.6) is 0 Å². The average Bonchev–Trinajstić information content (AvgIpc) is 3.24. The Morgan fingerprint density at radius 2 is 1.68 bits per heavy atom. The molecule has 1 aliphatic rings. The van der Waals surface area contributed by atoms with Crippen LogP contribution in [-0.4, -0.2) is 59.8 Å². The van der Waals surface area contributed by atoms with Crippen LogP contribution < -0.4 is 0 Å². The summed E-state index contributed by atoms with van der Waals surface area (Å²) in [6, 6.07) is 16.2. The first-order valence-electron chi connectivity index (χ1n) is 9.86.